The second kappa shape index (κ2) is 13.4. The van der Waals surface area contributed by atoms with E-state index in [1.165, 1.54) is 0 Å². The molecule has 0 saturated heterocycles. The molecule has 4 rings (SSSR count). The Kier molecular flexibility index (Phi) is 9.96. The Hall–Kier alpha value is -3.82. The number of rotatable bonds is 11. The van der Waals surface area contributed by atoms with Crippen molar-refractivity contribution in [1.29, 1.82) is 0 Å². The lowest BCUT2D eigenvalue weighted by Crippen LogP contribution is -2.25. The molecule has 0 spiro atoms. The molecule has 0 radical (unpaired) electrons. The Morgan fingerprint density at radius 1 is 0.833 bits per heavy atom. The zero-order valence-electron chi connectivity index (χ0n) is 22.4. The number of benzene rings is 3. The normalized spacial score (nSPS) is 17.5. The van der Waals surface area contributed by atoms with E-state index in [0.717, 1.165) is 56.2 Å². The summed E-state index contributed by atoms with van der Waals surface area (Å²) in [6, 6.07) is 9.06. The molecule has 3 aromatic carbocycles. The highest BCUT2D eigenvalue weighted by molar-refractivity contribution is 5.64. The van der Waals surface area contributed by atoms with Crippen LogP contribution in [0.2, 0.25) is 0 Å². The highest BCUT2D eigenvalue weighted by Crippen LogP contribution is 2.40. The summed E-state index contributed by atoms with van der Waals surface area (Å²) in [7, 11) is 0. The number of halogens is 8. The summed E-state index contributed by atoms with van der Waals surface area (Å²) in [5.41, 5.74) is -0.233. The Morgan fingerprint density at radius 3 is 1.98 bits per heavy atom. The maximum absolute atomic E-state index is 14.9. The first-order valence-corrected chi connectivity index (χ1v) is 13.4. The van der Waals surface area contributed by atoms with Crippen molar-refractivity contribution in [3.05, 3.63) is 108 Å². The molecular weight excluding hydrogens is 568 g/mol. The predicted molar refractivity (Wildman–Crippen MR) is 143 cm³/mol. The molecule has 0 aliphatic heterocycles. The molecule has 224 valence electrons. The highest BCUT2D eigenvalue weighted by atomic mass is 19.3. The zero-order valence-corrected chi connectivity index (χ0v) is 22.4. The van der Waals surface area contributed by atoms with Crippen LogP contribution in [0.15, 0.2) is 73.5 Å². The van der Waals surface area contributed by atoms with Gasteiger partial charge in [0.2, 0.25) is 0 Å². The molecule has 1 aliphatic carbocycles. The van der Waals surface area contributed by atoms with E-state index in [4.69, 9.17) is 0 Å². The van der Waals surface area contributed by atoms with Gasteiger partial charge < -0.3 is 9.47 Å². The molecular formula is C32H28F8O2. The fourth-order valence-electron chi connectivity index (χ4n) is 5.18. The zero-order chi connectivity index (χ0) is 30.4. The third kappa shape index (κ3) is 7.52. The number of hydrogen-bond acceptors (Lipinski definition) is 2. The third-order valence-electron chi connectivity index (χ3n) is 7.30. The van der Waals surface area contributed by atoms with Gasteiger partial charge >= 0.3 is 6.11 Å². The summed E-state index contributed by atoms with van der Waals surface area (Å²) in [5, 5.41) is 0. The van der Waals surface area contributed by atoms with Gasteiger partial charge in [0, 0.05) is 18.2 Å². The van der Waals surface area contributed by atoms with Gasteiger partial charge in [-0.05, 0) is 79.2 Å². The molecule has 0 bridgehead atoms. The largest absolute Gasteiger partial charge is 0.459 e. The highest BCUT2D eigenvalue weighted by Gasteiger charge is 2.41. The lowest BCUT2D eigenvalue weighted by atomic mass is 9.77. The topological polar surface area (TPSA) is 18.5 Å². The van der Waals surface area contributed by atoms with Crippen molar-refractivity contribution in [3.8, 4) is 22.6 Å². The Morgan fingerprint density at radius 2 is 1.43 bits per heavy atom. The van der Waals surface area contributed by atoms with Gasteiger partial charge in [-0.25, -0.2) is 26.3 Å². The van der Waals surface area contributed by atoms with Crippen molar-refractivity contribution in [2.24, 2.45) is 5.92 Å². The number of ether oxygens (including phenoxy) is 2. The lowest BCUT2D eigenvalue weighted by molar-refractivity contribution is -0.189. The van der Waals surface area contributed by atoms with E-state index in [1.54, 1.807) is 12.1 Å². The molecule has 0 aromatic heterocycles. The van der Waals surface area contributed by atoms with Crippen LogP contribution in [0.1, 0.15) is 55.6 Å². The molecule has 0 atom stereocenters. The number of hydrogen-bond donors (Lipinski definition) is 0. The molecule has 42 heavy (non-hydrogen) atoms. The summed E-state index contributed by atoms with van der Waals surface area (Å²) in [6.45, 7) is 3.77. The van der Waals surface area contributed by atoms with Crippen molar-refractivity contribution in [2.45, 2.75) is 57.0 Å². The summed E-state index contributed by atoms with van der Waals surface area (Å²) < 4.78 is 121. The second-order valence-electron chi connectivity index (χ2n) is 10.1. The van der Waals surface area contributed by atoms with Crippen molar-refractivity contribution in [2.75, 3.05) is 0 Å². The van der Waals surface area contributed by atoms with Crippen molar-refractivity contribution in [1.82, 2.24) is 0 Å². The van der Waals surface area contributed by atoms with Crippen molar-refractivity contribution >= 4 is 0 Å². The predicted octanol–water partition coefficient (Wildman–Crippen LogP) is 10.4. The average molecular weight is 597 g/mol. The van der Waals surface area contributed by atoms with E-state index in [-0.39, 0.29) is 23.8 Å². The van der Waals surface area contributed by atoms with Crippen LogP contribution in [0.3, 0.4) is 0 Å². The monoisotopic (exact) mass is 596 g/mol. The molecule has 0 N–H and O–H groups in total. The molecule has 1 fully saturated rings. The van der Waals surface area contributed by atoms with Gasteiger partial charge in [-0.1, -0.05) is 30.3 Å². The Balaban J connectivity index is 1.48. The van der Waals surface area contributed by atoms with E-state index in [1.807, 2.05) is 18.2 Å². The van der Waals surface area contributed by atoms with Crippen molar-refractivity contribution in [3.63, 3.8) is 0 Å². The Labute approximate surface area is 238 Å². The minimum atomic E-state index is -4.67. The molecule has 3 aromatic rings. The van der Waals surface area contributed by atoms with E-state index in [2.05, 4.69) is 16.1 Å². The lowest BCUT2D eigenvalue weighted by Gasteiger charge is -2.28. The van der Waals surface area contributed by atoms with E-state index in [9.17, 15) is 35.1 Å². The minimum Gasteiger partial charge on any atom is -0.459 e. The third-order valence-corrected chi connectivity index (χ3v) is 7.30. The molecule has 2 nitrogen and oxygen atoms in total. The van der Waals surface area contributed by atoms with Gasteiger partial charge in [0.25, 0.3) is 6.43 Å². The van der Waals surface area contributed by atoms with Crippen molar-refractivity contribution < 1.29 is 44.6 Å². The van der Waals surface area contributed by atoms with Crippen LogP contribution < -0.4 is 9.47 Å². The minimum absolute atomic E-state index is 0.0136. The maximum Gasteiger partial charge on any atom is 0.432 e. The van der Waals surface area contributed by atoms with Crippen LogP contribution in [0.5, 0.6) is 11.5 Å². The van der Waals surface area contributed by atoms with Gasteiger partial charge in [-0.15, -0.1) is 6.58 Å². The van der Waals surface area contributed by atoms with Crippen LogP contribution in [0.25, 0.3) is 11.1 Å². The van der Waals surface area contributed by atoms with Crippen LogP contribution in [0.4, 0.5) is 35.1 Å². The fourth-order valence-corrected chi connectivity index (χ4v) is 5.18. The van der Waals surface area contributed by atoms with Gasteiger partial charge in [-0.3, -0.25) is 0 Å². The smallest absolute Gasteiger partial charge is 0.432 e. The summed E-state index contributed by atoms with van der Waals surface area (Å²) in [5.74, 6) is -7.63. The number of allylic oxidation sites excluding steroid dienone is 2. The number of alkyl halides is 4. The fraction of sp³-hybridized carbons (Fsp3) is 0.312. The standard InChI is InChI=1S/C32H28F8O2/c1-2-3-4-19-5-7-20(8-6-19)21-9-11-22(12-10-21)23-15-25(33)30(26(34)16-23)32(39,40)42-24-17-27(35)31(28(36)18-24)41-14-13-29(37)38/h2,9-20,29H,1,3-8H2/b14-13+. The molecule has 10 heteroatoms. The van der Waals surface area contributed by atoms with E-state index < -0.39 is 52.9 Å². The Bertz CT molecular complexity index is 1360. The summed E-state index contributed by atoms with van der Waals surface area (Å²) in [6.07, 6.45) is 1.24. The molecule has 0 unspecified atom stereocenters. The first kappa shape index (κ1) is 31.1. The molecule has 0 heterocycles. The first-order valence-electron chi connectivity index (χ1n) is 13.4. The summed E-state index contributed by atoms with van der Waals surface area (Å²) >= 11 is 0. The van der Waals surface area contributed by atoms with E-state index >= 15 is 0 Å². The van der Waals surface area contributed by atoms with Crippen LogP contribution in [-0.2, 0) is 6.11 Å². The summed E-state index contributed by atoms with van der Waals surface area (Å²) in [4.78, 5) is 0. The van der Waals surface area contributed by atoms with Gasteiger partial charge in [0.05, 0.1) is 6.26 Å². The first-order chi connectivity index (χ1) is 20.0. The quantitative estimate of drug-likeness (QED) is 0.125. The maximum atomic E-state index is 14.9. The molecule has 1 aliphatic rings. The van der Waals surface area contributed by atoms with E-state index in [0.29, 0.717) is 23.7 Å². The van der Waals surface area contributed by atoms with Gasteiger partial charge in [0.1, 0.15) is 22.9 Å². The van der Waals surface area contributed by atoms with Crippen LogP contribution >= 0.6 is 0 Å². The van der Waals surface area contributed by atoms with Crippen LogP contribution in [0, 0.1) is 29.2 Å². The SMILES string of the molecule is C=CCCC1CCC(c2ccc(-c3cc(F)c(C(F)(F)Oc4cc(F)c(O/C=C/C(F)F)c(F)c4)c(F)c3)cc2)CC1. The van der Waals surface area contributed by atoms with Gasteiger partial charge in [-0.2, -0.15) is 8.78 Å². The average Bonchev–Trinajstić information content (AvgIpc) is 2.93. The molecule has 1 saturated carbocycles. The molecule has 0 amide bonds. The second-order valence-corrected chi connectivity index (χ2v) is 10.1. The van der Waals surface area contributed by atoms with Crippen LogP contribution in [-0.4, -0.2) is 6.43 Å². The van der Waals surface area contributed by atoms with Gasteiger partial charge in [0.15, 0.2) is 17.4 Å².